The number of fused-ring (bicyclic) bond motifs is 1. The van der Waals surface area contributed by atoms with Gasteiger partial charge in [0.15, 0.2) is 5.11 Å². The average Bonchev–Trinajstić information content (AvgIpc) is 2.51. The number of rotatable bonds is 1. The van der Waals surface area contributed by atoms with Crippen molar-refractivity contribution in [1.29, 1.82) is 0 Å². The second-order valence-electron chi connectivity index (χ2n) is 6.28. The number of nitrogens with one attached hydrogen (secondary N) is 1. The summed E-state index contributed by atoms with van der Waals surface area (Å²) in [6.07, 6.45) is 1.85. The van der Waals surface area contributed by atoms with Crippen molar-refractivity contribution in [2.75, 3.05) is 10.2 Å². The summed E-state index contributed by atoms with van der Waals surface area (Å²) in [7, 11) is 0. The third-order valence-electron chi connectivity index (χ3n) is 4.43. The highest BCUT2D eigenvalue weighted by atomic mass is 32.1. The van der Waals surface area contributed by atoms with Crippen molar-refractivity contribution >= 4 is 28.7 Å². The number of hydrogen-bond donors (Lipinski definition) is 1. The Bertz CT molecular complexity index is 757. The minimum atomic E-state index is -0.188. The molecule has 0 saturated carbocycles. The van der Waals surface area contributed by atoms with Gasteiger partial charge >= 0.3 is 0 Å². The van der Waals surface area contributed by atoms with Gasteiger partial charge in [0.05, 0.1) is 0 Å². The molecule has 0 fully saturated rings. The second kappa shape index (κ2) is 6.28. The maximum atomic E-state index is 13.5. The van der Waals surface area contributed by atoms with E-state index in [9.17, 15) is 4.39 Å². The number of thiocarbonyl (C=S) groups is 1. The average molecular weight is 328 g/mol. The van der Waals surface area contributed by atoms with Crippen molar-refractivity contribution in [3.8, 4) is 0 Å². The molecule has 0 amide bonds. The lowest BCUT2D eigenvalue weighted by molar-refractivity contribution is 0.604. The van der Waals surface area contributed by atoms with Crippen LogP contribution in [0.1, 0.15) is 30.0 Å². The first-order valence-corrected chi connectivity index (χ1v) is 8.32. The van der Waals surface area contributed by atoms with Crippen LogP contribution < -0.4 is 10.2 Å². The molecule has 2 nitrogen and oxygen atoms in total. The zero-order valence-corrected chi connectivity index (χ0v) is 14.5. The van der Waals surface area contributed by atoms with Gasteiger partial charge in [-0.1, -0.05) is 12.1 Å². The van der Waals surface area contributed by atoms with E-state index in [0.29, 0.717) is 5.11 Å². The summed E-state index contributed by atoms with van der Waals surface area (Å²) in [5.41, 5.74) is 5.40. The summed E-state index contributed by atoms with van der Waals surface area (Å²) in [5.74, 6) is -0.188. The Morgan fingerprint density at radius 1 is 1.22 bits per heavy atom. The predicted molar refractivity (Wildman–Crippen MR) is 98.8 cm³/mol. The van der Waals surface area contributed by atoms with Crippen LogP contribution in [0.15, 0.2) is 36.4 Å². The Hall–Kier alpha value is -1.94. The Morgan fingerprint density at radius 2 is 2.00 bits per heavy atom. The van der Waals surface area contributed by atoms with Gasteiger partial charge in [-0.3, -0.25) is 0 Å². The molecule has 2 aromatic carbocycles. The molecule has 1 atom stereocenters. The third kappa shape index (κ3) is 3.22. The van der Waals surface area contributed by atoms with Crippen molar-refractivity contribution in [2.24, 2.45) is 0 Å². The first-order valence-electron chi connectivity index (χ1n) is 7.91. The van der Waals surface area contributed by atoms with Crippen LogP contribution in [0.25, 0.3) is 0 Å². The minimum absolute atomic E-state index is 0.188. The SMILES string of the molecule is Cc1ccc(C)c(NC(=S)N2c3ccc(F)cc3CCC2C)c1. The molecule has 1 heterocycles. The van der Waals surface area contributed by atoms with Crippen LogP contribution in [0.4, 0.5) is 15.8 Å². The van der Waals surface area contributed by atoms with E-state index < -0.39 is 0 Å². The van der Waals surface area contributed by atoms with E-state index in [1.54, 1.807) is 6.07 Å². The molecule has 0 aliphatic carbocycles. The molecule has 0 spiro atoms. The van der Waals surface area contributed by atoms with Crippen molar-refractivity contribution in [3.63, 3.8) is 0 Å². The normalized spacial score (nSPS) is 16.9. The van der Waals surface area contributed by atoms with E-state index in [0.717, 1.165) is 35.3 Å². The van der Waals surface area contributed by atoms with Gasteiger partial charge < -0.3 is 10.2 Å². The zero-order valence-electron chi connectivity index (χ0n) is 13.7. The van der Waals surface area contributed by atoms with Crippen LogP contribution >= 0.6 is 12.2 Å². The molecule has 3 rings (SSSR count). The molecule has 1 N–H and O–H groups in total. The van der Waals surface area contributed by atoms with Gasteiger partial charge in [0.2, 0.25) is 0 Å². The van der Waals surface area contributed by atoms with Gasteiger partial charge in [0.25, 0.3) is 0 Å². The van der Waals surface area contributed by atoms with Crippen molar-refractivity contribution in [2.45, 2.75) is 39.7 Å². The van der Waals surface area contributed by atoms with Crippen LogP contribution in [0.5, 0.6) is 0 Å². The highest BCUT2D eigenvalue weighted by Gasteiger charge is 2.26. The van der Waals surface area contributed by atoms with Crippen LogP contribution in [-0.4, -0.2) is 11.2 Å². The molecule has 1 aliphatic rings. The Labute approximate surface area is 142 Å². The first-order chi connectivity index (χ1) is 11.0. The Morgan fingerprint density at radius 3 is 2.78 bits per heavy atom. The molecule has 120 valence electrons. The van der Waals surface area contributed by atoms with Gasteiger partial charge in [0.1, 0.15) is 5.82 Å². The molecule has 0 saturated heterocycles. The van der Waals surface area contributed by atoms with E-state index in [1.807, 2.05) is 6.07 Å². The first kappa shape index (κ1) is 15.9. The summed E-state index contributed by atoms with van der Waals surface area (Å²) in [5, 5.41) is 4.04. The summed E-state index contributed by atoms with van der Waals surface area (Å²) in [4.78, 5) is 2.11. The lowest BCUT2D eigenvalue weighted by Gasteiger charge is -2.37. The number of hydrogen-bond acceptors (Lipinski definition) is 1. The molecule has 1 unspecified atom stereocenters. The molecule has 0 radical (unpaired) electrons. The van der Waals surface area contributed by atoms with Crippen molar-refractivity contribution in [3.05, 3.63) is 58.9 Å². The van der Waals surface area contributed by atoms with Gasteiger partial charge in [-0.2, -0.15) is 0 Å². The predicted octanol–water partition coefficient (Wildman–Crippen LogP) is 4.98. The van der Waals surface area contributed by atoms with E-state index >= 15 is 0 Å². The van der Waals surface area contributed by atoms with Crippen LogP contribution in [-0.2, 0) is 6.42 Å². The summed E-state index contributed by atoms with van der Waals surface area (Å²) in [6, 6.07) is 11.5. The van der Waals surface area contributed by atoms with Crippen LogP contribution in [0.3, 0.4) is 0 Å². The Kier molecular flexibility index (Phi) is 4.35. The fraction of sp³-hybridized carbons (Fsp3) is 0.316. The summed E-state index contributed by atoms with van der Waals surface area (Å²) >= 11 is 5.67. The van der Waals surface area contributed by atoms with E-state index in [2.05, 4.69) is 49.2 Å². The number of nitrogens with zero attached hydrogens (tertiary/aromatic N) is 1. The molecule has 23 heavy (non-hydrogen) atoms. The molecule has 2 aromatic rings. The second-order valence-corrected chi connectivity index (χ2v) is 6.67. The molecule has 4 heteroatoms. The molecular formula is C19H21FN2S. The summed E-state index contributed by atoms with van der Waals surface area (Å²) < 4.78 is 13.5. The van der Waals surface area contributed by atoms with E-state index in [4.69, 9.17) is 12.2 Å². The quantitative estimate of drug-likeness (QED) is 0.743. The minimum Gasteiger partial charge on any atom is -0.332 e. The van der Waals surface area contributed by atoms with Crippen LogP contribution in [0.2, 0.25) is 0 Å². The maximum Gasteiger partial charge on any atom is 0.178 e. The summed E-state index contributed by atoms with van der Waals surface area (Å²) in [6.45, 7) is 6.28. The molecular weight excluding hydrogens is 307 g/mol. The van der Waals surface area contributed by atoms with Crippen LogP contribution in [0, 0.1) is 19.7 Å². The fourth-order valence-corrected chi connectivity index (χ4v) is 3.46. The van der Waals surface area contributed by atoms with Crippen molar-refractivity contribution < 1.29 is 4.39 Å². The standard InChI is InChI=1S/C19H21FN2S/c1-12-4-5-13(2)17(10-12)21-19(23)22-14(3)6-7-15-11-16(20)8-9-18(15)22/h4-5,8-11,14H,6-7H2,1-3H3,(H,21,23). The maximum absolute atomic E-state index is 13.5. The van der Waals surface area contributed by atoms with Crippen molar-refractivity contribution in [1.82, 2.24) is 0 Å². The lowest BCUT2D eigenvalue weighted by atomic mass is 9.97. The topological polar surface area (TPSA) is 15.3 Å². The number of aryl methyl sites for hydroxylation is 3. The van der Waals surface area contributed by atoms with Gasteiger partial charge in [-0.25, -0.2) is 4.39 Å². The smallest absolute Gasteiger partial charge is 0.178 e. The molecule has 0 bridgehead atoms. The number of anilines is 2. The third-order valence-corrected chi connectivity index (χ3v) is 4.73. The Balaban J connectivity index is 1.91. The lowest BCUT2D eigenvalue weighted by Crippen LogP contribution is -2.44. The zero-order chi connectivity index (χ0) is 16.6. The number of halogens is 1. The van der Waals surface area contributed by atoms with Gasteiger partial charge in [-0.15, -0.1) is 0 Å². The number of benzene rings is 2. The van der Waals surface area contributed by atoms with E-state index in [1.165, 1.54) is 11.6 Å². The molecule has 0 aromatic heterocycles. The highest BCUT2D eigenvalue weighted by Crippen LogP contribution is 2.32. The molecule has 1 aliphatic heterocycles. The van der Waals surface area contributed by atoms with Gasteiger partial charge in [-0.05, 0) is 86.8 Å². The fourth-order valence-electron chi connectivity index (χ4n) is 3.08. The highest BCUT2D eigenvalue weighted by molar-refractivity contribution is 7.80. The largest absolute Gasteiger partial charge is 0.332 e. The van der Waals surface area contributed by atoms with Gasteiger partial charge in [0, 0.05) is 17.4 Å². The van der Waals surface area contributed by atoms with E-state index in [-0.39, 0.29) is 11.9 Å². The monoisotopic (exact) mass is 328 g/mol.